The van der Waals surface area contributed by atoms with Gasteiger partial charge in [0.15, 0.2) is 17.2 Å². The summed E-state index contributed by atoms with van der Waals surface area (Å²) in [6, 6.07) is 17.8. The van der Waals surface area contributed by atoms with E-state index in [9.17, 15) is 5.26 Å². The van der Waals surface area contributed by atoms with Gasteiger partial charge in [-0.3, -0.25) is 4.57 Å². The van der Waals surface area contributed by atoms with Crippen molar-refractivity contribution in [3.05, 3.63) is 70.6 Å². The SMILES string of the molecule is Cc1ccc(-c2nc(C#N)c3nc(Cl)n(-c4ccccc4C)c3n2)cc1. The molecule has 2 heterocycles. The molecule has 5 nitrogen and oxygen atoms in total. The molecule has 0 fully saturated rings. The van der Waals surface area contributed by atoms with Crippen LogP contribution in [0.3, 0.4) is 0 Å². The Morgan fingerprint density at radius 3 is 2.38 bits per heavy atom. The number of hydrogen-bond acceptors (Lipinski definition) is 4. The largest absolute Gasteiger partial charge is 0.267 e. The quantitative estimate of drug-likeness (QED) is 0.489. The van der Waals surface area contributed by atoms with Crippen LogP contribution in [0.1, 0.15) is 16.8 Å². The highest BCUT2D eigenvalue weighted by atomic mass is 35.5. The second kappa shape index (κ2) is 6.25. The molecule has 0 aliphatic carbocycles. The summed E-state index contributed by atoms with van der Waals surface area (Å²) < 4.78 is 1.76. The molecule has 0 saturated carbocycles. The smallest absolute Gasteiger partial charge is 0.209 e. The van der Waals surface area contributed by atoms with Crippen molar-refractivity contribution in [1.29, 1.82) is 5.26 Å². The number of benzene rings is 2. The minimum absolute atomic E-state index is 0.208. The minimum Gasteiger partial charge on any atom is -0.267 e. The van der Waals surface area contributed by atoms with Crippen molar-refractivity contribution in [1.82, 2.24) is 19.5 Å². The fraction of sp³-hybridized carbons (Fsp3) is 0.100. The molecule has 0 aliphatic heterocycles. The molecule has 2 aromatic carbocycles. The van der Waals surface area contributed by atoms with Gasteiger partial charge in [0.2, 0.25) is 5.28 Å². The lowest BCUT2D eigenvalue weighted by Gasteiger charge is -2.09. The van der Waals surface area contributed by atoms with Crippen LogP contribution >= 0.6 is 11.6 Å². The van der Waals surface area contributed by atoms with Crippen LogP contribution in [0.4, 0.5) is 0 Å². The van der Waals surface area contributed by atoms with Gasteiger partial charge in [0.05, 0.1) is 5.69 Å². The summed E-state index contributed by atoms with van der Waals surface area (Å²) in [6.07, 6.45) is 0. The molecule has 126 valence electrons. The summed E-state index contributed by atoms with van der Waals surface area (Å²) in [5, 5.41) is 9.79. The molecule has 26 heavy (non-hydrogen) atoms. The van der Waals surface area contributed by atoms with Crippen LogP contribution in [0, 0.1) is 25.2 Å². The van der Waals surface area contributed by atoms with E-state index < -0.39 is 0 Å². The van der Waals surface area contributed by atoms with Gasteiger partial charge in [-0.25, -0.2) is 15.0 Å². The van der Waals surface area contributed by atoms with Crippen molar-refractivity contribution >= 4 is 22.8 Å². The summed E-state index contributed by atoms with van der Waals surface area (Å²) in [6.45, 7) is 4.01. The molecule has 0 saturated heterocycles. The van der Waals surface area contributed by atoms with E-state index in [0.29, 0.717) is 17.0 Å². The highest BCUT2D eigenvalue weighted by Gasteiger charge is 2.19. The molecule has 0 unspecified atom stereocenters. The number of rotatable bonds is 2. The molecule has 4 rings (SSSR count). The Hall–Kier alpha value is -3.23. The maximum absolute atomic E-state index is 9.54. The third-order valence-electron chi connectivity index (χ3n) is 4.24. The number of aromatic nitrogens is 4. The Morgan fingerprint density at radius 2 is 1.69 bits per heavy atom. The van der Waals surface area contributed by atoms with Crippen molar-refractivity contribution in [2.75, 3.05) is 0 Å². The monoisotopic (exact) mass is 359 g/mol. The minimum atomic E-state index is 0.208. The number of aryl methyl sites for hydroxylation is 2. The molecule has 0 spiro atoms. The van der Waals surface area contributed by atoms with Crippen LogP contribution in [-0.4, -0.2) is 19.5 Å². The average molecular weight is 360 g/mol. The van der Waals surface area contributed by atoms with Gasteiger partial charge in [-0.2, -0.15) is 5.26 Å². The molecule has 6 heteroatoms. The summed E-state index contributed by atoms with van der Waals surface area (Å²) in [4.78, 5) is 13.4. The lowest BCUT2D eigenvalue weighted by atomic mass is 10.1. The van der Waals surface area contributed by atoms with Gasteiger partial charge in [-0.05, 0) is 37.1 Å². The van der Waals surface area contributed by atoms with Crippen molar-refractivity contribution in [2.24, 2.45) is 0 Å². The zero-order valence-electron chi connectivity index (χ0n) is 14.2. The Morgan fingerprint density at radius 1 is 0.962 bits per heavy atom. The summed E-state index contributed by atoms with van der Waals surface area (Å²) in [5.41, 5.74) is 5.01. The lowest BCUT2D eigenvalue weighted by Crippen LogP contribution is -2.01. The average Bonchev–Trinajstić information content (AvgIpc) is 2.98. The number of fused-ring (bicyclic) bond motifs is 1. The second-order valence-corrected chi connectivity index (χ2v) is 6.39. The molecular weight excluding hydrogens is 346 g/mol. The van der Waals surface area contributed by atoms with E-state index in [0.717, 1.165) is 22.4 Å². The first kappa shape index (κ1) is 16.2. The highest BCUT2D eigenvalue weighted by molar-refractivity contribution is 6.29. The molecule has 0 radical (unpaired) electrons. The van der Waals surface area contributed by atoms with Gasteiger partial charge in [-0.15, -0.1) is 0 Å². The van der Waals surface area contributed by atoms with Crippen molar-refractivity contribution in [2.45, 2.75) is 13.8 Å². The van der Waals surface area contributed by atoms with Gasteiger partial charge in [0, 0.05) is 5.56 Å². The van der Waals surface area contributed by atoms with Crippen LogP contribution in [0.2, 0.25) is 5.28 Å². The van der Waals surface area contributed by atoms with Gasteiger partial charge < -0.3 is 0 Å². The first-order valence-electron chi connectivity index (χ1n) is 8.07. The Balaban J connectivity index is 2.04. The molecule has 0 atom stereocenters. The maximum atomic E-state index is 9.54. The molecule has 0 aliphatic rings. The van der Waals surface area contributed by atoms with Crippen LogP contribution in [0.5, 0.6) is 0 Å². The maximum Gasteiger partial charge on any atom is 0.209 e. The molecule has 0 bridgehead atoms. The second-order valence-electron chi connectivity index (χ2n) is 6.05. The fourth-order valence-corrected chi connectivity index (χ4v) is 3.12. The third-order valence-corrected chi connectivity index (χ3v) is 4.49. The van der Waals surface area contributed by atoms with E-state index in [1.807, 2.05) is 62.4 Å². The van der Waals surface area contributed by atoms with Gasteiger partial charge in [0.25, 0.3) is 0 Å². The molecular formula is C20H14ClN5. The third kappa shape index (κ3) is 2.61. The van der Waals surface area contributed by atoms with Gasteiger partial charge >= 0.3 is 0 Å². The standard InChI is InChI=1S/C20H14ClN5/c1-12-7-9-14(10-8-12)18-23-15(11-22)17-19(25-18)26(20(21)24-17)16-6-4-3-5-13(16)2/h3-10H,1-2H3. The van der Waals surface area contributed by atoms with E-state index in [-0.39, 0.29) is 11.0 Å². The number of halogens is 1. The number of para-hydroxylation sites is 1. The summed E-state index contributed by atoms with van der Waals surface area (Å²) in [7, 11) is 0. The molecule has 0 amide bonds. The summed E-state index contributed by atoms with van der Waals surface area (Å²) in [5.74, 6) is 0.473. The fourth-order valence-electron chi connectivity index (χ4n) is 2.87. The number of hydrogen-bond donors (Lipinski definition) is 0. The summed E-state index contributed by atoms with van der Waals surface area (Å²) >= 11 is 6.40. The van der Waals surface area contributed by atoms with Crippen molar-refractivity contribution in [3.63, 3.8) is 0 Å². The zero-order valence-corrected chi connectivity index (χ0v) is 15.0. The molecule has 0 N–H and O–H groups in total. The van der Waals surface area contributed by atoms with Crippen LogP contribution in [-0.2, 0) is 0 Å². The van der Waals surface area contributed by atoms with E-state index >= 15 is 0 Å². The first-order chi connectivity index (χ1) is 12.6. The molecule has 4 aromatic rings. The van der Waals surface area contributed by atoms with Crippen molar-refractivity contribution in [3.8, 4) is 23.1 Å². The Bertz CT molecular complexity index is 1170. The lowest BCUT2D eigenvalue weighted by molar-refractivity contribution is 1.05. The van der Waals surface area contributed by atoms with Crippen molar-refractivity contribution < 1.29 is 0 Å². The first-order valence-corrected chi connectivity index (χ1v) is 8.45. The van der Waals surface area contributed by atoms with Crippen LogP contribution in [0.25, 0.3) is 28.2 Å². The predicted octanol–water partition coefficient (Wildman–Crippen LogP) is 4.62. The molecule has 2 aromatic heterocycles. The van der Waals surface area contributed by atoms with E-state index in [1.54, 1.807) is 4.57 Å². The van der Waals surface area contributed by atoms with Gasteiger partial charge in [-0.1, -0.05) is 48.0 Å². The van der Waals surface area contributed by atoms with E-state index in [2.05, 4.69) is 21.0 Å². The number of imidazole rings is 1. The predicted molar refractivity (Wildman–Crippen MR) is 101 cm³/mol. The number of nitriles is 1. The number of nitrogens with zero attached hydrogens (tertiary/aromatic N) is 5. The van der Waals surface area contributed by atoms with Gasteiger partial charge in [0.1, 0.15) is 11.6 Å². The van der Waals surface area contributed by atoms with E-state index in [4.69, 9.17) is 11.6 Å². The topological polar surface area (TPSA) is 67.4 Å². The normalized spacial score (nSPS) is 10.8. The zero-order chi connectivity index (χ0) is 18.3. The highest BCUT2D eigenvalue weighted by Crippen LogP contribution is 2.28. The van der Waals surface area contributed by atoms with E-state index in [1.165, 1.54) is 0 Å². The van der Waals surface area contributed by atoms with Crippen LogP contribution < -0.4 is 0 Å². The Labute approximate surface area is 155 Å². The Kier molecular flexibility index (Phi) is 3.90. The van der Waals surface area contributed by atoms with Crippen LogP contribution in [0.15, 0.2) is 48.5 Å².